The molecular formula is C18H15NO4. The SMILES string of the molecule is COc1ccccc1C(=O)Nc1ccc2oc(=O)c(C)cc2c1. The summed E-state index contributed by atoms with van der Waals surface area (Å²) in [5, 5.41) is 3.57. The molecule has 0 spiro atoms. The molecule has 0 aliphatic rings. The average Bonchev–Trinajstić information content (AvgIpc) is 2.56. The highest BCUT2D eigenvalue weighted by Crippen LogP contribution is 2.22. The largest absolute Gasteiger partial charge is 0.496 e. The third-order valence-electron chi connectivity index (χ3n) is 3.52. The lowest BCUT2D eigenvalue weighted by Gasteiger charge is -2.09. The molecule has 5 nitrogen and oxygen atoms in total. The number of nitrogens with one attached hydrogen (secondary N) is 1. The Kier molecular flexibility index (Phi) is 3.85. The molecule has 0 aliphatic heterocycles. The van der Waals surface area contributed by atoms with E-state index in [9.17, 15) is 9.59 Å². The first-order valence-corrected chi connectivity index (χ1v) is 7.07. The van der Waals surface area contributed by atoms with Gasteiger partial charge in [0.05, 0.1) is 12.7 Å². The summed E-state index contributed by atoms with van der Waals surface area (Å²) in [6, 6.07) is 13.8. The molecule has 0 unspecified atom stereocenters. The first-order valence-electron chi connectivity index (χ1n) is 7.07. The number of aryl methyl sites for hydroxylation is 1. The zero-order valence-corrected chi connectivity index (χ0v) is 12.8. The van der Waals surface area contributed by atoms with Crippen molar-refractivity contribution in [1.82, 2.24) is 0 Å². The Morgan fingerprint density at radius 1 is 1.13 bits per heavy atom. The number of hydrogen-bond donors (Lipinski definition) is 1. The van der Waals surface area contributed by atoms with Gasteiger partial charge < -0.3 is 14.5 Å². The van der Waals surface area contributed by atoms with Crippen molar-refractivity contribution in [3.8, 4) is 5.75 Å². The van der Waals surface area contributed by atoms with Crippen molar-refractivity contribution >= 4 is 22.6 Å². The minimum Gasteiger partial charge on any atom is -0.496 e. The summed E-state index contributed by atoms with van der Waals surface area (Å²) in [7, 11) is 1.52. The summed E-state index contributed by atoms with van der Waals surface area (Å²) in [5.74, 6) is 0.239. The molecule has 1 N–H and O–H groups in total. The maximum absolute atomic E-state index is 12.4. The number of anilines is 1. The van der Waals surface area contributed by atoms with E-state index in [1.54, 1.807) is 55.5 Å². The highest BCUT2D eigenvalue weighted by atomic mass is 16.5. The number of hydrogen-bond acceptors (Lipinski definition) is 4. The maximum Gasteiger partial charge on any atom is 0.339 e. The van der Waals surface area contributed by atoms with Crippen molar-refractivity contribution in [2.45, 2.75) is 6.92 Å². The molecule has 0 saturated carbocycles. The van der Waals surface area contributed by atoms with Crippen molar-refractivity contribution < 1.29 is 13.9 Å². The second-order valence-electron chi connectivity index (χ2n) is 5.12. The van der Waals surface area contributed by atoms with Gasteiger partial charge >= 0.3 is 5.63 Å². The van der Waals surface area contributed by atoms with Gasteiger partial charge in [-0.1, -0.05) is 12.1 Å². The van der Waals surface area contributed by atoms with Gasteiger partial charge in [-0.3, -0.25) is 4.79 Å². The molecule has 0 fully saturated rings. The fourth-order valence-electron chi connectivity index (χ4n) is 2.34. The van der Waals surface area contributed by atoms with E-state index in [4.69, 9.17) is 9.15 Å². The minimum atomic E-state index is -0.358. The van der Waals surface area contributed by atoms with E-state index in [0.29, 0.717) is 28.1 Å². The number of fused-ring (bicyclic) bond motifs is 1. The summed E-state index contributed by atoms with van der Waals surface area (Å²) in [4.78, 5) is 23.9. The van der Waals surface area contributed by atoms with Gasteiger partial charge in [0.2, 0.25) is 0 Å². The van der Waals surface area contributed by atoms with Crippen LogP contribution in [0.3, 0.4) is 0 Å². The summed E-state index contributed by atoms with van der Waals surface area (Å²) >= 11 is 0. The lowest BCUT2D eigenvalue weighted by Crippen LogP contribution is -2.13. The molecule has 5 heteroatoms. The van der Waals surface area contributed by atoms with Crippen LogP contribution in [0.25, 0.3) is 11.0 Å². The Labute approximate surface area is 132 Å². The quantitative estimate of drug-likeness (QED) is 0.753. The predicted molar refractivity (Wildman–Crippen MR) is 88.2 cm³/mol. The van der Waals surface area contributed by atoms with E-state index in [1.807, 2.05) is 0 Å². The third-order valence-corrected chi connectivity index (χ3v) is 3.52. The molecule has 0 radical (unpaired) electrons. The number of carbonyl (C=O) groups is 1. The normalized spacial score (nSPS) is 10.5. The van der Waals surface area contributed by atoms with Gasteiger partial charge in [0.1, 0.15) is 11.3 Å². The Morgan fingerprint density at radius 2 is 1.91 bits per heavy atom. The summed E-state index contributed by atoms with van der Waals surface area (Å²) in [6.45, 7) is 1.69. The number of methoxy groups -OCH3 is 1. The van der Waals surface area contributed by atoms with Gasteiger partial charge in [-0.05, 0) is 43.3 Å². The molecule has 1 heterocycles. The van der Waals surface area contributed by atoms with Gasteiger partial charge in [0.15, 0.2) is 0 Å². The van der Waals surface area contributed by atoms with Crippen LogP contribution in [0.4, 0.5) is 5.69 Å². The highest BCUT2D eigenvalue weighted by Gasteiger charge is 2.12. The second-order valence-corrected chi connectivity index (χ2v) is 5.12. The Hall–Kier alpha value is -3.08. The summed E-state index contributed by atoms with van der Waals surface area (Å²) < 4.78 is 10.4. The average molecular weight is 309 g/mol. The topological polar surface area (TPSA) is 68.5 Å². The monoisotopic (exact) mass is 309 g/mol. The molecule has 3 rings (SSSR count). The van der Waals surface area contributed by atoms with Crippen molar-refractivity contribution in [2.75, 3.05) is 12.4 Å². The summed E-state index contributed by atoms with van der Waals surface area (Å²) in [6.07, 6.45) is 0. The molecule has 0 atom stereocenters. The van der Waals surface area contributed by atoms with Crippen LogP contribution in [0, 0.1) is 6.92 Å². The Bertz CT molecular complexity index is 943. The molecule has 23 heavy (non-hydrogen) atoms. The van der Waals surface area contributed by atoms with E-state index in [-0.39, 0.29) is 11.5 Å². The van der Waals surface area contributed by atoms with E-state index >= 15 is 0 Å². The van der Waals surface area contributed by atoms with Crippen LogP contribution >= 0.6 is 0 Å². The van der Waals surface area contributed by atoms with E-state index < -0.39 is 0 Å². The van der Waals surface area contributed by atoms with Crippen LogP contribution in [0.5, 0.6) is 5.75 Å². The number of rotatable bonds is 3. The van der Waals surface area contributed by atoms with E-state index in [2.05, 4.69) is 5.32 Å². The fraction of sp³-hybridized carbons (Fsp3) is 0.111. The zero-order chi connectivity index (χ0) is 16.4. The Morgan fingerprint density at radius 3 is 2.70 bits per heavy atom. The van der Waals surface area contributed by atoms with Gasteiger partial charge in [0.25, 0.3) is 5.91 Å². The summed E-state index contributed by atoms with van der Waals surface area (Å²) in [5.41, 5.74) is 1.71. The lowest BCUT2D eigenvalue weighted by molar-refractivity contribution is 0.102. The molecule has 3 aromatic rings. The van der Waals surface area contributed by atoms with E-state index in [0.717, 1.165) is 5.39 Å². The van der Waals surface area contributed by atoms with Crippen molar-refractivity contribution in [1.29, 1.82) is 0 Å². The van der Waals surface area contributed by atoms with Crippen LogP contribution in [0.2, 0.25) is 0 Å². The van der Waals surface area contributed by atoms with Crippen LogP contribution in [0.15, 0.2) is 57.7 Å². The van der Waals surface area contributed by atoms with Gasteiger partial charge in [-0.15, -0.1) is 0 Å². The van der Waals surface area contributed by atoms with Gasteiger partial charge in [-0.2, -0.15) is 0 Å². The molecule has 0 aliphatic carbocycles. The van der Waals surface area contributed by atoms with Gasteiger partial charge in [0, 0.05) is 16.6 Å². The van der Waals surface area contributed by atoms with Gasteiger partial charge in [-0.25, -0.2) is 4.79 Å². The molecule has 0 saturated heterocycles. The van der Waals surface area contributed by atoms with Crippen molar-refractivity contribution in [2.24, 2.45) is 0 Å². The first-order chi connectivity index (χ1) is 11.1. The predicted octanol–water partition coefficient (Wildman–Crippen LogP) is 3.36. The number of para-hydroxylation sites is 1. The van der Waals surface area contributed by atoms with Crippen molar-refractivity contribution in [3.05, 3.63) is 70.1 Å². The van der Waals surface area contributed by atoms with Crippen LogP contribution in [-0.4, -0.2) is 13.0 Å². The molecular weight excluding hydrogens is 294 g/mol. The smallest absolute Gasteiger partial charge is 0.339 e. The number of ether oxygens (including phenoxy) is 1. The third kappa shape index (κ3) is 2.94. The number of carbonyl (C=O) groups excluding carboxylic acids is 1. The lowest BCUT2D eigenvalue weighted by atomic mass is 10.1. The molecule has 1 amide bonds. The standard InChI is InChI=1S/C18H15NO4/c1-11-9-12-10-13(7-8-15(12)23-18(11)21)19-17(20)14-5-3-4-6-16(14)22-2/h3-10H,1-2H3,(H,19,20). The minimum absolute atomic E-state index is 0.268. The van der Waals surface area contributed by atoms with E-state index in [1.165, 1.54) is 7.11 Å². The Balaban J connectivity index is 1.93. The second kappa shape index (κ2) is 5.96. The van der Waals surface area contributed by atoms with Crippen LogP contribution in [-0.2, 0) is 0 Å². The molecule has 2 aromatic carbocycles. The fourth-order valence-corrected chi connectivity index (χ4v) is 2.34. The first kappa shape index (κ1) is 14.8. The van der Waals surface area contributed by atoms with Crippen LogP contribution < -0.4 is 15.7 Å². The molecule has 116 valence electrons. The molecule has 0 bridgehead atoms. The zero-order valence-electron chi connectivity index (χ0n) is 12.8. The highest BCUT2D eigenvalue weighted by molar-refractivity contribution is 6.06. The maximum atomic E-state index is 12.4. The van der Waals surface area contributed by atoms with Crippen molar-refractivity contribution in [3.63, 3.8) is 0 Å². The van der Waals surface area contributed by atoms with Crippen LogP contribution in [0.1, 0.15) is 15.9 Å². The number of benzene rings is 2. The molecule has 1 aromatic heterocycles. The number of amides is 1.